The third-order valence-electron chi connectivity index (χ3n) is 3.08. The monoisotopic (exact) mass is 346 g/mol. The number of halogens is 2. The van der Waals surface area contributed by atoms with Crippen molar-refractivity contribution in [1.29, 1.82) is 5.26 Å². The number of carbonyl (C=O) groups excluding carboxylic acids is 2. The fourth-order valence-electron chi connectivity index (χ4n) is 1.94. The summed E-state index contributed by atoms with van der Waals surface area (Å²) in [6.45, 7) is -0.749. The number of para-hydroxylation sites is 1. The molecule has 0 heterocycles. The maximum Gasteiger partial charge on any atom is 0.340 e. The molecule has 0 fully saturated rings. The lowest BCUT2D eigenvalue weighted by molar-refractivity contribution is -0.121. The summed E-state index contributed by atoms with van der Waals surface area (Å²) in [6.07, 6.45) is 0. The number of nitrogens with zero attached hydrogens (tertiary/aromatic N) is 2. The fourth-order valence-corrected chi connectivity index (χ4v) is 2.18. The van der Waals surface area contributed by atoms with E-state index in [1.54, 1.807) is 30.3 Å². The molecule has 0 aromatic heterocycles. The molecule has 0 aliphatic carbocycles. The number of ether oxygens (including phenoxy) is 1. The Morgan fingerprint density at radius 2 is 1.92 bits per heavy atom. The Hall–Kier alpha value is -2.91. The van der Waals surface area contributed by atoms with Crippen LogP contribution < -0.4 is 4.90 Å². The summed E-state index contributed by atoms with van der Waals surface area (Å²) in [6, 6.07) is 13.6. The van der Waals surface area contributed by atoms with Gasteiger partial charge in [0.25, 0.3) is 5.91 Å². The van der Waals surface area contributed by atoms with Crippen LogP contribution >= 0.6 is 11.6 Å². The molecule has 0 aliphatic heterocycles. The van der Waals surface area contributed by atoms with E-state index < -0.39 is 24.3 Å². The van der Waals surface area contributed by atoms with Crippen LogP contribution in [-0.4, -0.2) is 25.0 Å². The number of hydrogen-bond donors (Lipinski definition) is 0. The van der Waals surface area contributed by atoms with Crippen LogP contribution in [0.25, 0.3) is 0 Å². The number of anilines is 1. The van der Waals surface area contributed by atoms with Crippen molar-refractivity contribution >= 4 is 29.2 Å². The van der Waals surface area contributed by atoms with Crippen molar-refractivity contribution in [2.24, 2.45) is 0 Å². The van der Waals surface area contributed by atoms with Gasteiger partial charge in [-0.2, -0.15) is 5.26 Å². The first kappa shape index (κ1) is 17.4. The molecule has 0 N–H and O–H groups in total. The van der Waals surface area contributed by atoms with Crippen molar-refractivity contribution < 1.29 is 18.7 Å². The zero-order valence-electron chi connectivity index (χ0n) is 12.4. The van der Waals surface area contributed by atoms with E-state index >= 15 is 0 Å². The molecule has 0 saturated carbocycles. The van der Waals surface area contributed by atoms with E-state index in [2.05, 4.69) is 0 Å². The summed E-state index contributed by atoms with van der Waals surface area (Å²) in [7, 11) is 0. The highest BCUT2D eigenvalue weighted by atomic mass is 35.5. The van der Waals surface area contributed by atoms with Crippen molar-refractivity contribution in [2.45, 2.75) is 0 Å². The molecule has 0 spiro atoms. The van der Waals surface area contributed by atoms with Gasteiger partial charge in [0.05, 0.1) is 16.7 Å². The lowest BCUT2D eigenvalue weighted by atomic mass is 10.2. The molecule has 2 aromatic rings. The van der Waals surface area contributed by atoms with E-state index in [4.69, 9.17) is 21.6 Å². The minimum atomic E-state index is -0.849. The van der Waals surface area contributed by atoms with E-state index in [1.165, 1.54) is 11.0 Å². The summed E-state index contributed by atoms with van der Waals surface area (Å²) >= 11 is 5.77. The van der Waals surface area contributed by atoms with Crippen molar-refractivity contribution in [3.8, 4) is 6.07 Å². The smallest absolute Gasteiger partial charge is 0.340 e. The van der Waals surface area contributed by atoms with Crippen LogP contribution in [0.4, 0.5) is 10.1 Å². The number of hydrogen-bond acceptors (Lipinski definition) is 4. The van der Waals surface area contributed by atoms with Gasteiger partial charge in [-0.05, 0) is 30.3 Å². The Kier molecular flexibility index (Phi) is 5.88. The molecule has 24 heavy (non-hydrogen) atoms. The number of benzene rings is 2. The van der Waals surface area contributed by atoms with E-state index in [9.17, 15) is 14.0 Å². The lowest BCUT2D eigenvalue weighted by Crippen LogP contribution is -2.35. The van der Waals surface area contributed by atoms with Gasteiger partial charge >= 0.3 is 5.97 Å². The van der Waals surface area contributed by atoms with Gasteiger partial charge in [0.2, 0.25) is 0 Å². The summed E-state index contributed by atoms with van der Waals surface area (Å²) < 4.78 is 17.9. The topological polar surface area (TPSA) is 70.4 Å². The molecule has 0 unspecified atom stereocenters. The SMILES string of the molecule is N#CCN(C(=O)COC(=O)c1ccc(F)cc1Cl)c1ccccc1. The molecule has 0 bridgehead atoms. The molecule has 0 radical (unpaired) electrons. The van der Waals surface area contributed by atoms with Gasteiger partial charge in [-0.1, -0.05) is 29.8 Å². The average molecular weight is 347 g/mol. The minimum Gasteiger partial charge on any atom is -0.452 e. The second-order valence-corrected chi connectivity index (χ2v) is 5.08. The van der Waals surface area contributed by atoms with Crippen LogP contribution in [0.15, 0.2) is 48.5 Å². The molecule has 0 atom stereocenters. The number of carbonyl (C=O) groups is 2. The molecule has 122 valence electrons. The van der Waals surface area contributed by atoms with Crippen molar-refractivity contribution in [1.82, 2.24) is 0 Å². The maximum absolute atomic E-state index is 13.0. The normalized spacial score (nSPS) is 9.88. The maximum atomic E-state index is 13.0. The van der Waals surface area contributed by atoms with E-state index in [-0.39, 0.29) is 17.1 Å². The molecule has 5 nitrogen and oxygen atoms in total. The lowest BCUT2D eigenvalue weighted by Gasteiger charge is -2.19. The van der Waals surface area contributed by atoms with Gasteiger partial charge in [0, 0.05) is 5.69 Å². The summed E-state index contributed by atoms with van der Waals surface area (Å²) in [4.78, 5) is 25.3. The fraction of sp³-hybridized carbons (Fsp3) is 0.118. The molecule has 0 aliphatic rings. The number of amides is 1. The first-order valence-corrected chi connectivity index (χ1v) is 7.25. The van der Waals surface area contributed by atoms with E-state index in [0.717, 1.165) is 12.1 Å². The molecular formula is C17H12ClFN2O3. The van der Waals surface area contributed by atoms with Crippen molar-refractivity contribution in [2.75, 3.05) is 18.1 Å². The second-order valence-electron chi connectivity index (χ2n) is 4.67. The third-order valence-corrected chi connectivity index (χ3v) is 3.39. The highest BCUT2D eigenvalue weighted by molar-refractivity contribution is 6.33. The number of rotatable bonds is 5. The molecule has 1 amide bonds. The minimum absolute atomic E-state index is 0.0441. The Morgan fingerprint density at radius 3 is 2.54 bits per heavy atom. The summed E-state index contributed by atoms with van der Waals surface area (Å²) in [5, 5.41) is 8.75. The Morgan fingerprint density at radius 1 is 1.21 bits per heavy atom. The Balaban J connectivity index is 2.05. The first-order valence-electron chi connectivity index (χ1n) is 6.87. The van der Waals surface area contributed by atoms with Crippen LogP contribution in [0.2, 0.25) is 5.02 Å². The van der Waals surface area contributed by atoms with Gasteiger partial charge < -0.3 is 4.74 Å². The predicted molar refractivity (Wildman–Crippen MR) is 86.1 cm³/mol. The van der Waals surface area contributed by atoms with Gasteiger partial charge in [-0.3, -0.25) is 9.69 Å². The largest absolute Gasteiger partial charge is 0.452 e. The predicted octanol–water partition coefficient (Wildman–Crippen LogP) is 3.19. The average Bonchev–Trinajstić information content (AvgIpc) is 2.58. The van der Waals surface area contributed by atoms with Gasteiger partial charge in [-0.25, -0.2) is 9.18 Å². The van der Waals surface area contributed by atoms with Crippen molar-refractivity contribution in [3.05, 3.63) is 64.9 Å². The first-order chi connectivity index (χ1) is 11.5. The Labute approximate surface area is 142 Å². The van der Waals surface area contributed by atoms with Gasteiger partial charge in [0.15, 0.2) is 6.61 Å². The Bertz CT molecular complexity index is 790. The van der Waals surface area contributed by atoms with Crippen LogP contribution in [0.5, 0.6) is 0 Å². The zero-order valence-corrected chi connectivity index (χ0v) is 13.2. The highest BCUT2D eigenvalue weighted by Crippen LogP contribution is 2.18. The van der Waals surface area contributed by atoms with Crippen LogP contribution in [0.3, 0.4) is 0 Å². The van der Waals surface area contributed by atoms with Crippen LogP contribution in [0.1, 0.15) is 10.4 Å². The van der Waals surface area contributed by atoms with Gasteiger partial charge in [-0.15, -0.1) is 0 Å². The summed E-state index contributed by atoms with van der Waals surface area (Å²) in [5.41, 5.74) is 0.470. The quantitative estimate of drug-likeness (QED) is 0.615. The standard InChI is InChI=1S/C17H12ClFN2O3/c18-15-10-12(19)6-7-14(15)17(23)24-11-16(22)21(9-8-20)13-4-2-1-3-5-13/h1-7,10H,9,11H2. The summed E-state index contributed by atoms with van der Waals surface area (Å²) in [5.74, 6) is -2.00. The van der Waals surface area contributed by atoms with Gasteiger partial charge in [0.1, 0.15) is 12.4 Å². The number of nitriles is 1. The molecular weight excluding hydrogens is 335 g/mol. The van der Waals surface area contributed by atoms with Crippen LogP contribution in [-0.2, 0) is 9.53 Å². The van der Waals surface area contributed by atoms with Crippen molar-refractivity contribution in [3.63, 3.8) is 0 Å². The molecule has 2 rings (SSSR count). The van der Waals surface area contributed by atoms with Crippen LogP contribution in [0, 0.1) is 17.1 Å². The van der Waals surface area contributed by atoms with E-state index in [1.807, 2.05) is 6.07 Å². The second kappa shape index (κ2) is 8.09. The third kappa shape index (κ3) is 4.31. The number of esters is 1. The highest BCUT2D eigenvalue weighted by Gasteiger charge is 2.19. The molecule has 7 heteroatoms. The molecule has 0 saturated heterocycles. The zero-order chi connectivity index (χ0) is 17.5. The molecule has 2 aromatic carbocycles. The van der Waals surface area contributed by atoms with E-state index in [0.29, 0.717) is 5.69 Å².